The Labute approximate surface area is 115 Å². The molecule has 1 N–H and O–H groups in total. The Morgan fingerprint density at radius 1 is 1.26 bits per heavy atom. The predicted octanol–water partition coefficient (Wildman–Crippen LogP) is 2.53. The monoisotopic (exact) mass is 262 g/mol. The molecule has 3 nitrogen and oxygen atoms in total. The molecule has 3 heteroatoms. The highest BCUT2D eigenvalue weighted by atomic mass is 16.5. The molecule has 0 saturated heterocycles. The second-order valence-electron chi connectivity index (χ2n) is 4.15. The van der Waals surface area contributed by atoms with Gasteiger partial charge in [0, 0.05) is 31.6 Å². The molecule has 0 amide bonds. The Bertz CT molecular complexity index is 429. The van der Waals surface area contributed by atoms with Gasteiger partial charge in [0.2, 0.25) is 0 Å². The summed E-state index contributed by atoms with van der Waals surface area (Å²) in [7, 11) is 0. The first kappa shape index (κ1) is 15.6. The highest BCUT2D eigenvalue weighted by Gasteiger charge is 2.00. The lowest BCUT2D eigenvalue weighted by atomic mass is 10.1. The predicted molar refractivity (Wildman–Crippen MR) is 76.4 cm³/mol. The van der Waals surface area contributed by atoms with Crippen LogP contribution in [0, 0.1) is 18.8 Å². The largest absolute Gasteiger partial charge is 0.493 e. The molecule has 0 fully saturated rings. The third-order valence-electron chi connectivity index (χ3n) is 2.54. The van der Waals surface area contributed by atoms with Gasteiger partial charge in [-0.2, -0.15) is 0 Å². The SMILES string of the molecule is CCOCCCOc1ccc(C#CCCO)cc1C. The van der Waals surface area contributed by atoms with Crippen molar-refractivity contribution in [3.63, 3.8) is 0 Å². The molecule has 0 aromatic heterocycles. The van der Waals surface area contributed by atoms with Gasteiger partial charge < -0.3 is 14.6 Å². The van der Waals surface area contributed by atoms with Crippen molar-refractivity contribution in [3.8, 4) is 17.6 Å². The van der Waals surface area contributed by atoms with E-state index in [0.29, 0.717) is 13.0 Å². The lowest BCUT2D eigenvalue weighted by molar-refractivity contribution is 0.130. The first-order valence-corrected chi connectivity index (χ1v) is 6.69. The number of aryl methyl sites for hydroxylation is 1. The van der Waals surface area contributed by atoms with Gasteiger partial charge in [-0.25, -0.2) is 0 Å². The van der Waals surface area contributed by atoms with Crippen molar-refractivity contribution >= 4 is 0 Å². The van der Waals surface area contributed by atoms with Gasteiger partial charge in [0.05, 0.1) is 13.2 Å². The van der Waals surface area contributed by atoms with Gasteiger partial charge in [-0.15, -0.1) is 0 Å². The van der Waals surface area contributed by atoms with Gasteiger partial charge in [0.25, 0.3) is 0 Å². The van der Waals surface area contributed by atoms with E-state index in [9.17, 15) is 0 Å². The smallest absolute Gasteiger partial charge is 0.122 e. The van der Waals surface area contributed by atoms with Crippen LogP contribution in [0.3, 0.4) is 0 Å². The van der Waals surface area contributed by atoms with E-state index in [0.717, 1.165) is 36.5 Å². The highest BCUT2D eigenvalue weighted by molar-refractivity contribution is 5.43. The molecule has 0 heterocycles. The van der Waals surface area contributed by atoms with Crippen molar-refractivity contribution in [1.82, 2.24) is 0 Å². The van der Waals surface area contributed by atoms with Crippen LogP contribution in [0.15, 0.2) is 18.2 Å². The van der Waals surface area contributed by atoms with E-state index in [4.69, 9.17) is 14.6 Å². The van der Waals surface area contributed by atoms with E-state index < -0.39 is 0 Å². The Hall–Kier alpha value is -1.50. The summed E-state index contributed by atoms with van der Waals surface area (Å²) in [6.07, 6.45) is 1.40. The zero-order chi connectivity index (χ0) is 13.9. The number of hydrogen-bond donors (Lipinski definition) is 1. The molecule has 0 unspecified atom stereocenters. The summed E-state index contributed by atoms with van der Waals surface area (Å²) in [6, 6.07) is 5.89. The van der Waals surface area contributed by atoms with Gasteiger partial charge in [-0.05, 0) is 37.6 Å². The summed E-state index contributed by atoms with van der Waals surface area (Å²) in [6.45, 7) is 6.25. The summed E-state index contributed by atoms with van der Waals surface area (Å²) >= 11 is 0. The van der Waals surface area contributed by atoms with Gasteiger partial charge >= 0.3 is 0 Å². The first-order valence-electron chi connectivity index (χ1n) is 6.69. The van der Waals surface area contributed by atoms with Crippen molar-refractivity contribution in [2.75, 3.05) is 26.4 Å². The van der Waals surface area contributed by atoms with E-state index in [2.05, 4.69) is 11.8 Å². The number of rotatable bonds is 7. The van der Waals surface area contributed by atoms with Crippen LogP contribution < -0.4 is 4.74 Å². The van der Waals surface area contributed by atoms with Crippen LogP contribution in [0.4, 0.5) is 0 Å². The Kier molecular flexibility index (Phi) is 7.72. The lowest BCUT2D eigenvalue weighted by Crippen LogP contribution is -2.03. The molecule has 1 aromatic rings. The molecule has 0 aliphatic heterocycles. The molecule has 0 bridgehead atoms. The van der Waals surface area contributed by atoms with E-state index >= 15 is 0 Å². The van der Waals surface area contributed by atoms with Crippen LogP contribution >= 0.6 is 0 Å². The maximum Gasteiger partial charge on any atom is 0.122 e. The summed E-state index contributed by atoms with van der Waals surface area (Å²) < 4.78 is 11.0. The zero-order valence-electron chi connectivity index (χ0n) is 11.7. The van der Waals surface area contributed by atoms with Crippen molar-refractivity contribution in [3.05, 3.63) is 29.3 Å². The molecule has 0 atom stereocenters. The van der Waals surface area contributed by atoms with Crippen molar-refractivity contribution in [2.24, 2.45) is 0 Å². The normalized spacial score (nSPS) is 9.84. The molecular weight excluding hydrogens is 240 g/mol. The molecule has 1 aromatic carbocycles. The Morgan fingerprint density at radius 3 is 2.79 bits per heavy atom. The summed E-state index contributed by atoms with van der Waals surface area (Å²) in [5, 5.41) is 8.67. The summed E-state index contributed by atoms with van der Waals surface area (Å²) in [5.74, 6) is 6.81. The van der Waals surface area contributed by atoms with E-state index in [-0.39, 0.29) is 6.61 Å². The van der Waals surface area contributed by atoms with Crippen LogP contribution in [0.5, 0.6) is 5.75 Å². The number of aliphatic hydroxyl groups excluding tert-OH is 1. The zero-order valence-corrected chi connectivity index (χ0v) is 11.7. The molecular formula is C16H22O3. The van der Waals surface area contributed by atoms with E-state index in [1.807, 2.05) is 32.0 Å². The van der Waals surface area contributed by atoms with Crippen LogP contribution in [-0.2, 0) is 4.74 Å². The average molecular weight is 262 g/mol. The van der Waals surface area contributed by atoms with E-state index in [1.165, 1.54) is 0 Å². The van der Waals surface area contributed by atoms with Crippen LogP contribution in [0.1, 0.15) is 30.9 Å². The third kappa shape index (κ3) is 6.28. The van der Waals surface area contributed by atoms with Gasteiger partial charge in [-0.1, -0.05) is 11.8 Å². The summed E-state index contributed by atoms with van der Waals surface area (Å²) in [4.78, 5) is 0. The fourth-order valence-electron chi connectivity index (χ4n) is 1.60. The minimum absolute atomic E-state index is 0.104. The minimum atomic E-state index is 0.104. The fraction of sp³-hybridized carbons (Fsp3) is 0.500. The molecule has 1 rings (SSSR count). The first-order chi connectivity index (χ1) is 9.27. The molecule has 0 aliphatic carbocycles. The molecule has 0 aliphatic rings. The Morgan fingerprint density at radius 2 is 2.11 bits per heavy atom. The topological polar surface area (TPSA) is 38.7 Å². The van der Waals surface area contributed by atoms with Crippen molar-refractivity contribution < 1.29 is 14.6 Å². The average Bonchev–Trinajstić information content (AvgIpc) is 2.41. The van der Waals surface area contributed by atoms with Gasteiger partial charge in [-0.3, -0.25) is 0 Å². The number of hydrogen-bond acceptors (Lipinski definition) is 3. The van der Waals surface area contributed by atoms with Crippen molar-refractivity contribution in [2.45, 2.75) is 26.7 Å². The number of benzene rings is 1. The summed E-state index contributed by atoms with van der Waals surface area (Å²) in [5.41, 5.74) is 2.03. The lowest BCUT2D eigenvalue weighted by Gasteiger charge is -2.09. The van der Waals surface area contributed by atoms with Gasteiger partial charge in [0.15, 0.2) is 0 Å². The molecule has 0 spiro atoms. The highest BCUT2D eigenvalue weighted by Crippen LogP contribution is 2.18. The van der Waals surface area contributed by atoms with Gasteiger partial charge in [0.1, 0.15) is 5.75 Å². The molecule has 19 heavy (non-hydrogen) atoms. The number of ether oxygens (including phenoxy) is 2. The minimum Gasteiger partial charge on any atom is -0.493 e. The molecule has 0 radical (unpaired) electrons. The molecule has 0 saturated carbocycles. The van der Waals surface area contributed by atoms with Crippen LogP contribution in [-0.4, -0.2) is 31.5 Å². The van der Waals surface area contributed by atoms with Crippen molar-refractivity contribution in [1.29, 1.82) is 0 Å². The quantitative estimate of drug-likeness (QED) is 0.606. The Balaban J connectivity index is 2.46. The van der Waals surface area contributed by atoms with Crippen LogP contribution in [0.2, 0.25) is 0 Å². The standard InChI is InChI=1S/C16H22O3/c1-3-18-11-6-12-19-16-9-8-15(13-14(16)2)7-4-5-10-17/h8-9,13,17H,3,5-6,10-12H2,1-2H3. The maximum atomic E-state index is 8.67. The van der Waals surface area contributed by atoms with Crippen LogP contribution in [0.25, 0.3) is 0 Å². The third-order valence-corrected chi connectivity index (χ3v) is 2.54. The fourth-order valence-corrected chi connectivity index (χ4v) is 1.60. The second-order valence-corrected chi connectivity index (χ2v) is 4.15. The second kappa shape index (κ2) is 9.43. The molecule has 104 valence electrons. The number of aliphatic hydroxyl groups is 1. The maximum absolute atomic E-state index is 8.67. The van der Waals surface area contributed by atoms with E-state index in [1.54, 1.807) is 0 Å².